The highest BCUT2D eigenvalue weighted by molar-refractivity contribution is 5.45. The van der Waals surface area contributed by atoms with Gasteiger partial charge in [0.2, 0.25) is 0 Å². The molecule has 15 heavy (non-hydrogen) atoms. The zero-order valence-electron chi connectivity index (χ0n) is 9.19. The molecule has 0 bridgehead atoms. The zero-order chi connectivity index (χ0) is 10.3. The van der Waals surface area contributed by atoms with Crippen LogP contribution in [0.2, 0.25) is 0 Å². The van der Waals surface area contributed by atoms with Gasteiger partial charge in [-0.2, -0.15) is 0 Å². The van der Waals surface area contributed by atoms with E-state index in [1.165, 1.54) is 24.9 Å². The molecule has 2 rings (SSSR count). The predicted molar refractivity (Wildman–Crippen MR) is 63.3 cm³/mol. The van der Waals surface area contributed by atoms with Crippen molar-refractivity contribution in [1.29, 1.82) is 0 Å². The molecule has 0 aromatic heterocycles. The van der Waals surface area contributed by atoms with Crippen LogP contribution in [0.15, 0.2) is 30.3 Å². The third-order valence-electron chi connectivity index (χ3n) is 2.84. The summed E-state index contributed by atoms with van der Waals surface area (Å²) in [5.74, 6) is 0. The van der Waals surface area contributed by atoms with Crippen LogP contribution in [0.3, 0.4) is 0 Å². The molecule has 1 aromatic rings. The lowest BCUT2D eigenvalue weighted by Gasteiger charge is -2.23. The third kappa shape index (κ3) is 3.24. The first-order valence-electron chi connectivity index (χ1n) is 5.84. The predicted octanol–water partition coefficient (Wildman–Crippen LogP) is 2.69. The third-order valence-corrected chi connectivity index (χ3v) is 2.84. The maximum Gasteiger partial charge on any atom is 0.0641 e. The summed E-state index contributed by atoms with van der Waals surface area (Å²) in [5.41, 5.74) is 1.32. The van der Waals surface area contributed by atoms with E-state index in [4.69, 9.17) is 4.74 Å². The largest absolute Gasteiger partial charge is 0.380 e. The minimum Gasteiger partial charge on any atom is -0.380 e. The van der Waals surface area contributed by atoms with Crippen molar-refractivity contribution < 1.29 is 4.74 Å². The SMILES string of the molecule is c1ccc(N2CCCCCOCC2)cc1. The van der Waals surface area contributed by atoms with Crippen LogP contribution in [0.5, 0.6) is 0 Å². The van der Waals surface area contributed by atoms with Gasteiger partial charge in [0.1, 0.15) is 0 Å². The van der Waals surface area contributed by atoms with Crippen molar-refractivity contribution >= 4 is 5.69 Å². The Morgan fingerprint density at radius 1 is 0.867 bits per heavy atom. The van der Waals surface area contributed by atoms with Crippen LogP contribution in [0.25, 0.3) is 0 Å². The number of benzene rings is 1. The van der Waals surface area contributed by atoms with Gasteiger partial charge in [0.05, 0.1) is 6.61 Å². The van der Waals surface area contributed by atoms with E-state index in [2.05, 4.69) is 35.2 Å². The van der Waals surface area contributed by atoms with Gasteiger partial charge >= 0.3 is 0 Å². The summed E-state index contributed by atoms with van der Waals surface area (Å²) >= 11 is 0. The standard InChI is InChI=1S/C13H19NO/c1-3-7-13(8-4-1)14-9-5-2-6-11-15-12-10-14/h1,3-4,7-8H,2,5-6,9-12H2. The Morgan fingerprint density at radius 3 is 2.60 bits per heavy atom. The molecule has 1 aliphatic rings. The van der Waals surface area contributed by atoms with Crippen molar-refractivity contribution in [1.82, 2.24) is 0 Å². The molecule has 1 aromatic carbocycles. The summed E-state index contributed by atoms with van der Waals surface area (Å²) in [6.45, 7) is 3.97. The highest BCUT2D eigenvalue weighted by Gasteiger charge is 2.07. The van der Waals surface area contributed by atoms with Gasteiger partial charge in [0, 0.05) is 25.4 Å². The van der Waals surface area contributed by atoms with Crippen LogP contribution in [0, 0.1) is 0 Å². The molecular formula is C13H19NO. The number of nitrogens with zero attached hydrogens (tertiary/aromatic N) is 1. The van der Waals surface area contributed by atoms with Crippen molar-refractivity contribution in [2.45, 2.75) is 19.3 Å². The quantitative estimate of drug-likeness (QED) is 0.699. The average molecular weight is 205 g/mol. The summed E-state index contributed by atoms with van der Waals surface area (Å²) in [5, 5.41) is 0. The minimum absolute atomic E-state index is 0.856. The molecule has 0 saturated carbocycles. The summed E-state index contributed by atoms with van der Waals surface area (Å²) in [6.07, 6.45) is 3.77. The van der Waals surface area contributed by atoms with E-state index < -0.39 is 0 Å². The first-order chi connectivity index (χ1) is 7.47. The minimum atomic E-state index is 0.856. The van der Waals surface area contributed by atoms with Gasteiger partial charge in [0.25, 0.3) is 0 Å². The Labute approximate surface area is 91.9 Å². The Bertz CT molecular complexity index is 263. The van der Waals surface area contributed by atoms with Crippen LogP contribution in [-0.2, 0) is 4.74 Å². The van der Waals surface area contributed by atoms with Crippen molar-refractivity contribution in [2.24, 2.45) is 0 Å². The molecule has 82 valence electrons. The lowest BCUT2D eigenvalue weighted by atomic mass is 10.2. The van der Waals surface area contributed by atoms with E-state index >= 15 is 0 Å². The van der Waals surface area contributed by atoms with Gasteiger partial charge < -0.3 is 9.64 Å². The molecular weight excluding hydrogens is 186 g/mol. The summed E-state index contributed by atoms with van der Waals surface area (Å²) in [4.78, 5) is 2.42. The van der Waals surface area contributed by atoms with Gasteiger partial charge in [-0.15, -0.1) is 0 Å². The molecule has 0 N–H and O–H groups in total. The van der Waals surface area contributed by atoms with Crippen LogP contribution in [0.4, 0.5) is 5.69 Å². The average Bonchev–Trinajstić information content (AvgIpc) is 2.43. The molecule has 1 fully saturated rings. The van der Waals surface area contributed by atoms with Gasteiger partial charge in [-0.25, -0.2) is 0 Å². The second-order valence-corrected chi connectivity index (χ2v) is 4.00. The molecule has 0 radical (unpaired) electrons. The first-order valence-corrected chi connectivity index (χ1v) is 5.84. The van der Waals surface area contributed by atoms with Crippen LogP contribution < -0.4 is 4.90 Å². The van der Waals surface area contributed by atoms with Crippen molar-refractivity contribution in [3.8, 4) is 0 Å². The highest BCUT2D eigenvalue weighted by Crippen LogP contribution is 2.15. The maximum atomic E-state index is 5.56. The van der Waals surface area contributed by atoms with E-state index in [0.717, 1.165) is 26.3 Å². The second kappa shape index (κ2) is 5.76. The topological polar surface area (TPSA) is 12.5 Å². The Kier molecular flexibility index (Phi) is 4.03. The molecule has 1 saturated heterocycles. The van der Waals surface area contributed by atoms with Crippen LogP contribution >= 0.6 is 0 Å². The zero-order valence-corrected chi connectivity index (χ0v) is 9.19. The number of rotatable bonds is 1. The number of ether oxygens (including phenoxy) is 1. The molecule has 0 atom stereocenters. The van der Waals surface area contributed by atoms with Gasteiger partial charge in [-0.1, -0.05) is 18.2 Å². The van der Waals surface area contributed by atoms with Crippen LogP contribution in [-0.4, -0.2) is 26.3 Å². The van der Waals surface area contributed by atoms with E-state index in [9.17, 15) is 0 Å². The van der Waals surface area contributed by atoms with Gasteiger partial charge in [-0.05, 0) is 31.4 Å². The van der Waals surface area contributed by atoms with Crippen molar-refractivity contribution in [3.05, 3.63) is 30.3 Å². The molecule has 1 heterocycles. The molecule has 2 nitrogen and oxygen atoms in total. The highest BCUT2D eigenvalue weighted by atomic mass is 16.5. The van der Waals surface area contributed by atoms with Gasteiger partial charge in [0.15, 0.2) is 0 Å². The summed E-state index contributed by atoms with van der Waals surface area (Å²) < 4.78 is 5.56. The monoisotopic (exact) mass is 205 g/mol. The molecule has 0 amide bonds. The fraction of sp³-hybridized carbons (Fsp3) is 0.538. The Hall–Kier alpha value is -1.02. The molecule has 0 aliphatic carbocycles. The first kappa shape index (κ1) is 10.5. The number of hydrogen-bond acceptors (Lipinski definition) is 2. The normalized spacial score (nSPS) is 19.1. The molecule has 1 aliphatic heterocycles. The Morgan fingerprint density at radius 2 is 1.73 bits per heavy atom. The van der Waals surface area contributed by atoms with Crippen molar-refractivity contribution in [2.75, 3.05) is 31.2 Å². The fourth-order valence-electron chi connectivity index (χ4n) is 1.97. The smallest absolute Gasteiger partial charge is 0.0641 e. The summed E-state index contributed by atoms with van der Waals surface area (Å²) in [7, 11) is 0. The Balaban J connectivity index is 1.99. The second-order valence-electron chi connectivity index (χ2n) is 4.00. The lowest BCUT2D eigenvalue weighted by Crippen LogP contribution is -2.27. The van der Waals surface area contributed by atoms with Crippen LogP contribution in [0.1, 0.15) is 19.3 Å². The summed E-state index contributed by atoms with van der Waals surface area (Å²) in [6, 6.07) is 10.6. The molecule has 0 spiro atoms. The number of para-hydroxylation sites is 1. The molecule has 0 unspecified atom stereocenters. The van der Waals surface area contributed by atoms with E-state index in [1.54, 1.807) is 0 Å². The molecule has 2 heteroatoms. The number of hydrogen-bond donors (Lipinski definition) is 0. The van der Waals surface area contributed by atoms with E-state index in [1.807, 2.05) is 0 Å². The lowest BCUT2D eigenvalue weighted by molar-refractivity contribution is 0.139. The van der Waals surface area contributed by atoms with Gasteiger partial charge in [-0.3, -0.25) is 0 Å². The fourth-order valence-corrected chi connectivity index (χ4v) is 1.97. The van der Waals surface area contributed by atoms with Crippen molar-refractivity contribution in [3.63, 3.8) is 0 Å². The van der Waals surface area contributed by atoms with E-state index in [0.29, 0.717) is 0 Å². The van der Waals surface area contributed by atoms with E-state index in [-0.39, 0.29) is 0 Å². The number of anilines is 1. The maximum absolute atomic E-state index is 5.56.